The van der Waals surface area contributed by atoms with Gasteiger partial charge in [-0.1, -0.05) is 34.7 Å². The lowest BCUT2D eigenvalue weighted by molar-refractivity contribution is -0.138. The molecule has 0 spiro atoms. The zero-order valence-electron chi connectivity index (χ0n) is 23.4. The number of hydrogen-bond acceptors (Lipinski definition) is 7. The van der Waals surface area contributed by atoms with E-state index in [0.29, 0.717) is 22.3 Å². The molecule has 232 valence electrons. The highest BCUT2D eigenvalue weighted by atomic mass is 19.4. The second-order valence-corrected chi connectivity index (χ2v) is 10.1. The Labute approximate surface area is 256 Å². The van der Waals surface area contributed by atoms with Gasteiger partial charge >= 0.3 is 12.4 Å². The third-order valence-electron chi connectivity index (χ3n) is 7.00. The van der Waals surface area contributed by atoms with Crippen LogP contribution in [-0.2, 0) is 25.4 Å². The summed E-state index contributed by atoms with van der Waals surface area (Å²) in [6.07, 6.45) is -2.96. The zero-order valence-corrected chi connectivity index (χ0v) is 23.4. The van der Waals surface area contributed by atoms with Crippen molar-refractivity contribution < 1.29 is 31.1 Å². The highest BCUT2D eigenvalue weighted by Crippen LogP contribution is 2.32. The number of alkyl halides is 6. The normalized spacial score (nSPS) is 12.0. The highest BCUT2D eigenvalue weighted by Gasteiger charge is 2.32. The molecule has 0 saturated carbocycles. The number of benzene rings is 2. The molecule has 0 amide bonds. The van der Waals surface area contributed by atoms with Crippen LogP contribution in [-0.4, -0.2) is 45.7 Å². The summed E-state index contributed by atoms with van der Waals surface area (Å²) in [5.74, 6) is -0.671. The van der Waals surface area contributed by atoms with E-state index in [2.05, 4.69) is 30.6 Å². The SMILES string of the molecule is O=C(c1nnn(Cc2ccc(C(F)(F)F)cc2)c1-c1cccnc1)c1nnn(Cc2ccc(C(F)(F)F)cc2)c1-c1cccnc1. The third-order valence-corrected chi connectivity index (χ3v) is 7.00. The minimum Gasteiger partial charge on any atom is -0.285 e. The zero-order chi connectivity index (χ0) is 32.5. The number of aromatic nitrogens is 8. The molecule has 0 fully saturated rings. The van der Waals surface area contributed by atoms with E-state index in [0.717, 1.165) is 24.3 Å². The fraction of sp³-hybridized carbons (Fsp3) is 0.129. The Kier molecular flexibility index (Phi) is 7.90. The van der Waals surface area contributed by atoms with Crippen LogP contribution < -0.4 is 0 Å². The van der Waals surface area contributed by atoms with Gasteiger partial charge in [-0.15, -0.1) is 10.2 Å². The van der Waals surface area contributed by atoms with Gasteiger partial charge in [-0.25, -0.2) is 9.36 Å². The molecule has 6 rings (SSSR count). The maximum Gasteiger partial charge on any atom is 0.416 e. The first-order valence-corrected chi connectivity index (χ1v) is 13.5. The van der Waals surface area contributed by atoms with Crippen LogP contribution in [0.2, 0.25) is 0 Å². The number of nitrogens with zero attached hydrogens (tertiary/aromatic N) is 8. The first-order valence-electron chi connectivity index (χ1n) is 13.5. The number of hydrogen-bond donors (Lipinski definition) is 0. The van der Waals surface area contributed by atoms with Crippen molar-refractivity contribution in [2.75, 3.05) is 0 Å². The lowest BCUT2D eigenvalue weighted by atomic mass is 10.0. The van der Waals surface area contributed by atoms with Gasteiger partial charge in [0.25, 0.3) is 0 Å². The quantitative estimate of drug-likeness (QED) is 0.142. The Bertz CT molecular complexity index is 1830. The van der Waals surface area contributed by atoms with E-state index in [1.807, 2.05) is 0 Å². The molecule has 0 atom stereocenters. The van der Waals surface area contributed by atoms with Crippen molar-refractivity contribution in [3.8, 4) is 22.5 Å². The molecule has 9 nitrogen and oxygen atoms in total. The van der Waals surface area contributed by atoms with Crippen LogP contribution in [0.25, 0.3) is 22.5 Å². The molecular weight excluding hydrogens is 614 g/mol. The first kappa shape index (κ1) is 30.3. The molecule has 0 radical (unpaired) electrons. The number of pyridine rings is 2. The molecule has 0 unspecified atom stereocenters. The van der Waals surface area contributed by atoms with Crippen LogP contribution in [0.15, 0.2) is 97.6 Å². The summed E-state index contributed by atoms with van der Waals surface area (Å²) < 4.78 is 81.3. The predicted octanol–water partition coefficient (Wildman–Crippen LogP) is 6.36. The Hall–Kier alpha value is -5.73. The van der Waals surface area contributed by atoms with Gasteiger partial charge in [-0.2, -0.15) is 26.3 Å². The van der Waals surface area contributed by atoms with Crippen molar-refractivity contribution in [3.63, 3.8) is 0 Å². The van der Waals surface area contributed by atoms with Crippen molar-refractivity contribution in [1.82, 2.24) is 40.0 Å². The van der Waals surface area contributed by atoms with E-state index in [1.165, 1.54) is 58.4 Å². The summed E-state index contributed by atoms with van der Waals surface area (Å²) in [5.41, 5.74) is 0.505. The summed E-state index contributed by atoms with van der Waals surface area (Å²) in [5, 5.41) is 16.6. The Balaban J connectivity index is 1.40. The van der Waals surface area contributed by atoms with Crippen molar-refractivity contribution in [2.45, 2.75) is 25.4 Å². The molecule has 6 aromatic rings. The molecule has 4 aromatic heterocycles. The van der Waals surface area contributed by atoms with Crippen LogP contribution in [0.1, 0.15) is 38.4 Å². The van der Waals surface area contributed by atoms with Crippen molar-refractivity contribution in [3.05, 3.63) is 131 Å². The molecule has 0 aliphatic carbocycles. The smallest absolute Gasteiger partial charge is 0.285 e. The standard InChI is InChI=1S/C31H20F6N8O/c32-30(33,34)23-9-5-19(6-10-23)17-44-27(21-3-1-13-38-15-21)25(40-42-44)29(46)26-28(22-4-2-14-39-16-22)45(43-41-26)18-20-7-11-24(12-8-20)31(35,36)37/h1-16H,17-18H2. The van der Waals surface area contributed by atoms with Crippen LogP contribution in [0.3, 0.4) is 0 Å². The molecular formula is C31H20F6N8O. The van der Waals surface area contributed by atoms with Crippen molar-refractivity contribution in [1.29, 1.82) is 0 Å². The lowest BCUT2D eigenvalue weighted by Gasteiger charge is -2.11. The monoisotopic (exact) mass is 634 g/mol. The van der Waals surface area contributed by atoms with E-state index in [4.69, 9.17) is 0 Å². The number of rotatable bonds is 8. The average molecular weight is 635 g/mol. The first-order chi connectivity index (χ1) is 22.0. The Morgan fingerprint density at radius 3 is 1.30 bits per heavy atom. The minimum atomic E-state index is -4.50. The summed E-state index contributed by atoms with van der Waals surface area (Å²) in [7, 11) is 0. The number of halogens is 6. The Morgan fingerprint density at radius 2 is 0.978 bits per heavy atom. The van der Waals surface area contributed by atoms with Crippen molar-refractivity contribution in [2.24, 2.45) is 0 Å². The van der Waals surface area contributed by atoms with Crippen LogP contribution >= 0.6 is 0 Å². The molecule has 0 saturated heterocycles. The summed E-state index contributed by atoms with van der Waals surface area (Å²) >= 11 is 0. The van der Waals surface area contributed by atoms with Gasteiger partial charge < -0.3 is 0 Å². The van der Waals surface area contributed by atoms with Crippen LogP contribution in [0.4, 0.5) is 26.3 Å². The van der Waals surface area contributed by atoms with E-state index in [-0.39, 0.29) is 35.9 Å². The summed E-state index contributed by atoms with van der Waals surface area (Å²) in [6, 6.07) is 15.7. The predicted molar refractivity (Wildman–Crippen MR) is 151 cm³/mol. The lowest BCUT2D eigenvalue weighted by Crippen LogP contribution is -2.10. The molecule has 0 N–H and O–H groups in total. The fourth-order valence-electron chi connectivity index (χ4n) is 4.79. The topological polar surface area (TPSA) is 104 Å². The van der Waals surface area contributed by atoms with Gasteiger partial charge in [0.1, 0.15) is 11.4 Å². The van der Waals surface area contributed by atoms with E-state index >= 15 is 0 Å². The fourth-order valence-corrected chi connectivity index (χ4v) is 4.79. The second kappa shape index (κ2) is 12.0. The van der Waals surface area contributed by atoms with Gasteiger partial charge in [0.15, 0.2) is 11.4 Å². The molecule has 15 heteroatoms. The van der Waals surface area contributed by atoms with Gasteiger partial charge in [0.2, 0.25) is 5.78 Å². The number of ketones is 1. The van der Waals surface area contributed by atoms with Gasteiger partial charge in [-0.05, 0) is 59.7 Å². The number of carbonyl (C=O) groups excluding carboxylic acids is 1. The maximum absolute atomic E-state index is 14.2. The van der Waals surface area contributed by atoms with E-state index in [9.17, 15) is 31.1 Å². The van der Waals surface area contributed by atoms with Gasteiger partial charge in [0.05, 0.1) is 24.2 Å². The molecule has 0 bridgehead atoms. The third kappa shape index (κ3) is 6.24. The summed E-state index contributed by atoms with van der Waals surface area (Å²) in [6.45, 7) is -0.0303. The summed E-state index contributed by atoms with van der Waals surface area (Å²) in [4.78, 5) is 22.4. The minimum absolute atomic E-state index is 0.0152. The van der Waals surface area contributed by atoms with E-state index < -0.39 is 29.3 Å². The highest BCUT2D eigenvalue weighted by molar-refractivity contribution is 6.12. The molecule has 4 heterocycles. The largest absolute Gasteiger partial charge is 0.416 e. The average Bonchev–Trinajstić information content (AvgIpc) is 3.65. The maximum atomic E-state index is 14.2. The molecule has 0 aliphatic rings. The second-order valence-electron chi connectivity index (χ2n) is 10.1. The molecule has 46 heavy (non-hydrogen) atoms. The molecule has 0 aliphatic heterocycles. The number of carbonyl (C=O) groups is 1. The van der Waals surface area contributed by atoms with Crippen molar-refractivity contribution >= 4 is 5.78 Å². The van der Waals surface area contributed by atoms with Gasteiger partial charge in [0, 0.05) is 35.9 Å². The van der Waals surface area contributed by atoms with E-state index in [1.54, 1.807) is 24.3 Å². The molecule has 2 aromatic carbocycles. The Morgan fingerprint density at radius 1 is 0.587 bits per heavy atom. The van der Waals surface area contributed by atoms with Gasteiger partial charge in [-0.3, -0.25) is 14.8 Å². The van der Waals surface area contributed by atoms with Crippen LogP contribution in [0, 0.1) is 0 Å². The van der Waals surface area contributed by atoms with Crippen LogP contribution in [0.5, 0.6) is 0 Å².